The highest BCUT2D eigenvalue weighted by molar-refractivity contribution is 6.31. The van der Waals surface area contributed by atoms with Crippen molar-refractivity contribution in [3.63, 3.8) is 0 Å². The van der Waals surface area contributed by atoms with Crippen LogP contribution >= 0.6 is 11.6 Å². The highest BCUT2D eigenvalue weighted by atomic mass is 35.5. The molecule has 104 valence electrons. The molecule has 1 fully saturated rings. The molecule has 1 N–H and O–H groups in total. The summed E-state index contributed by atoms with van der Waals surface area (Å²) in [6, 6.07) is 0.0661. The van der Waals surface area contributed by atoms with Gasteiger partial charge >= 0.3 is 6.03 Å². The standard InChI is InChI=1S/C12H22ClN3O2/c1-4-15(5-2)10-6-7-16(8-10)12(18)14-11(17)9(3)13/h9-10H,4-8H2,1-3H3,(H,14,17,18). The fourth-order valence-electron chi connectivity index (χ4n) is 2.25. The summed E-state index contributed by atoms with van der Waals surface area (Å²) in [4.78, 5) is 27.2. The second-order valence-electron chi connectivity index (χ2n) is 4.52. The molecule has 1 heterocycles. The van der Waals surface area contributed by atoms with Crippen molar-refractivity contribution in [1.82, 2.24) is 15.1 Å². The zero-order valence-electron chi connectivity index (χ0n) is 11.3. The smallest absolute Gasteiger partial charge is 0.323 e. The molecule has 0 saturated carbocycles. The quantitative estimate of drug-likeness (QED) is 0.786. The molecule has 1 aliphatic heterocycles. The SMILES string of the molecule is CCN(CC)C1CCN(C(=O)NC(=O)C(C)Cl)C1. The number of hydrogen-bond donors (Lipinski definition) is 1. The molecule has 1 aliphatic rings. The van der Waals surface area contributed by atoms with Crippen LogP contribution in [0, 0.1) is 0 Å². The van der Waals surface area contributed by atoms with Crippen molar-refractivity contribution in [3.8, 4) is 0 Å². The van der Waals surface area contributed by atoms with Crippen molar-refractivity contribution in [2.45, 2.75) is 38.6 Å². The van der Waals surface area contributed by atoms with Crippen molar-refractivity contribution in [2.75, 3.05) is 26.2 Å². The van der Waals surface area contributed by atoms with Crippen molar-refractivity contribution in [1.29, 1.82) is 0 Å². The number of urea groups is 1. The van der Waals surface area contributed by atoms with Crippen LogP contribution in [0.1, 0.15) is 27.2 Å². The molecule has 0 aromatic carbocycles. The van der Waals surface area contributed by atoms with Crippen molar-refractivity contribution < 1.29 is 9.59 Å². The minimum atomic E-state index is -0.685. The van der Waals surface area contributed by atoms with Crippen molar-refractivity contribution in [3.05, 3.63) is 0 Å². The topological polar surface area (TPSA) is 52.6 Å². The fourth-order valence-corrected chi connectivity index (χ4v) is 2.30. The third-order valence-electron chi connectivity index (χ3n) is 3.37. The first-order valence-corrected chi connectivity index (χ1v) is 6.91. The zero-order chi connectivity index (χ0) is 13.7. The van der Waals surface area contributed by atoms with E-state index in [1.807, 2.05) is 0 Å². The van der Waals surface area contributed by atoms with E-state index in [2.05, 4.69) is 24.1 Å². The minimum absolute atomic E-state index is 0.331. The van der Waals surface area contributed by atoms with Crippen LogP contribution in [0.3, 0.4) is 0 Å². The summed E-state index contributed by atoms with van der Waals surface area (Å²) >= 11 is 5.61. The van der Waals surface area contributed by atoms with E-state index in [9.17, 15) is 9.59 Å². The Labute approximate surface area is 113 Å². The molecule has 5 nitrogen and oxygen atoms in total. The largest absolute Gasteiger partial charge is 0.324 e. The van der Waals surface area contributed by atoms with Crippen LogP contribution in [0.5, 0.6) is 0 Å². The van der Waals surface area contributed by atoms with Crippen LogP contribution < -0.4 is 5.32 Å². The van der Waals surface area contributed by atoms with E-state index in [1.54, 1.807) is 11.8 Å². The van der Waals surface area contributed by atoms with E-state index in [0.717, 1.165) is 19.5 Å². The molecular formula is C12H22ClN3O2. The van der Waals surface area contributed by atoms with E-state index < -0.39 is 11.3 Å². The average molecular weight is 276 g/mol. The number of likely N-dealkylation sites (tertiary alicyclic amines) is 1. The molecule has 18 heavy (non-hydrogen) atoms. The predicted molar refractivity (Wildman–Crippen MR) is 71.8 cm³/mol. The predicted octanol–water partition coefficient (Wildman–Crippen LogP) is 1.27. The maximum atomic E-state index is 11.8. The van der Waals surface area contributed by atoms with Gasteiger partial charge in [0, 0.05) is 19.1 Å². The Morgan fingerprint density at radius 2 is 2.06 bits per heavy atom. The Balaban J connectivity index is 2.46. The van der Waals surface area contributed by atoms with Crippen LogP contribution in [0.4, 0.5) is 4.79 Å². The third-order valence-corrected chi connectivity index (χ3v) is 3.57. The van der Waals surface area contributed by atoms with Crippen LogP contribution in [-0.2, 0) is 4.79 Å². The number of alkyl halides is 1. The van der Waals surface area contributed by atoms with E-state index >= 15 is 0 Å². The third kappa shape index (κ3) is 3.85. The molecule has 0 radical (unpaired) electrons. The van der Waals surface area contributed by atoms with Crippen LogP contribution in [0.25, 0.3) is 0 Å². The molecule has 0 aromatic rings. The number of likely N-dealkylation sites (N-methyl/N-ethyl adjacent to an activating group) is 1. The minimum Gasteiger partial charge on any atom is -0.323 e. The van der Waals surface area contributed by atoms with Gasteiger partial charge in [-0.05, 0) is 26.4 Å². The number of hydrogen-bond acceptors (Lipinski definition) is 3. The van der Waals surface area contributed by atoms with Crippen LogP contribution in [-0.4, -0.2) is 59.3 Å². The molecule has 6 heteroatoms. The number of nitrogens with one attached hydrogen (secondary N) is 1. The summed E-state index contributed by atoms with van der Waals surface area (Å²) in [6.07, 6.45) is 0.958. The van der Waals surface area contributed by atoms with Gasteiger partial charge in [0.2, 0.25) is 5.91 Å². The van der Waals surface area contributed by atoms with Gasteiger partial charge in [-0.2, -0.15) is 0 Å². The van der Waals surface area contributed by atoms with Crippen molar-refractivity contribution >= 4 is 23.5 Å². The second-order valence-corrected chi connectivity index (χ2v) is 5.17. The number of carbonyl (C=O) groups is 2. The number of nitrogens with zero attached hydrogens (tertiary/aromatic N) is 2. The second kappa shape index (κ2) is 6.95. The lowest BCUT2D eigenvalue weighted by atomic mass is 10.2. The monoisotopic (exact) mass is 275 g/mol. The first-order chi connectivity index (χ1) is 8.49. The van der Waals surface area contributed by atoms with Gasteiger partial charge < -0.3 is 4.90 Å². The van der Waals surface area contributed by atoms with Crippen molar-refractivity contribution in [2.24, 2.45) is 0 Å². The number of imide groups is 1. The molecule has 3 amide bonds. The molecule has 1 saturated heterocycles. The molecule has 0 aliphatic carbocycles. The number of amides is 3. The molecule has 1 rings (SSSR count). The number of carbonyl (C=O) groups excluding carboxylic acids is 2. The van der Waals surface area contributed by atoms with Gasteiger partial charge in [-0.1, -0.05) is 13.8 Å². The zero-order valence-corrected chi connectivity index (χ0v) is 12.0. The van der Waals surface area contributed by atoms with Gasteiger partial charge in [-0.3, -0.25) is 15.0 Å². The summed E-state index contributed by atoms with van der Waals surface area (Å²) in [5.74, 6) is -0.437. The molecule has 0 aromatic heterocycles. The Morgan fingerprint density at radius 3 is 2.56 bits per heavy atom. The van der Waals surface area contributed by atoms with Gasteiger partial charge in [0.25, 0.3) is 0 Å². The normalized spacial score (nSPS) is 21.2. The molecule has 0 spiro atoms. The van der Waals surface area contributed by atoms with E-state index in [0.29, 0.717) is 19.1 Å². The Morgan fingerprint density at radius 1 is 1.44 bits per heavy atom. The Kier molecular flexibility index (Phi) is 5.88. The Bertz CT molecular complexity index is 306. The maximum absolute atomic E-state index is 11.8. The summed E-state index contributed by atoms with van der Waals surface area (Å²) in [5.41, 5.74) is 0. The van der Waals surface area contributed by atoms with E-state index in [1.165, 1.54) is 0 Å². The number of halogens is 1. The van der Waals surface area contributed by atoms with Gasteiger partial charge in [0.1, 0.15) is 5.38 Å². The fraction of sp³-hybridized carbons (Fsp3) is 0.833. The van der Waals surface area contributed by atoms with Gasteiger partial charge in [-0.25, -0.2) is 4.79 Å². The van der Waals surface area contributed by atoms with Gasteiger partial charge in [0.05, 0.1) is 0 Å². The van der Waals surface area contributed by atoms with E-state index in [4.69, 9.17) is 11.6 Å². The molecular weight excluding hydrogens is 254 g/mol. The van der Waals surface area contributed by atoms with Gasteiger partial charge in [0.15, 0.2) is 0 Å². The molecule has 0 bridgehead atoms. The summed E-state index contributed by atoms with van der Waals surface area (Å²) < 4.78 is 0. The lowest BCUT2D eigenvalue weighted by Crippen LogP contribution is -2.45. The summed E-state index contributed by atoms with van der Waals surface area (Å²) in [6.45, 7) is 9.11. The first-order valence-electron chi connectivity index (χ1n) is 6.47. The molecule has 2 unspecified atom stereocenters. The highest BCUT2D eigenvalue weighted by Crippen LogP contribution is 2.15. The lowest BCUT2D eigenvalue weighted by Gasteiger charge is -2.26. The van der Waals surface area contributed by atoms with Crippen LogP contribution in [0.2, 0.25) is 0 Å². The highest BCUT2D eigenvalue weighted by Gasteiger charge is 2.30. The van der Waals surface area contributed by atoms with Crippen LogP contribution in [0.15, 0.2) is 0 Å². The first kappa shape index (κ1) is 15.2. The summed E-state index contributed by atoms with van der Waals surface area (Å²) in [5, 5.41) is 1.63. The number of rotatable bonds is 4. The Hall–Kier alpha value is -0.810. The maximum Gasteiger partial charge on any atom is 0.324 e. The average Bonchev–Trinajstić information content (AvgIpc) is 2.80. The van der Waals surface area contributed by atoms with E-state index in [-0.39, 0.29) is 6.03 Å². The molecule has 2 atom stereocenters. The lowest BCUT2D eigenvalue weighted by molar-refractivity contribution is -0.119. The summed E-state index contributed by atoms with van der Waals surface area (Å²) in [7, 11) is 0. The van der Waals surface area contributed by atoms with Gasteiger partial charge in [-0.15, -0.1) is 11.6 Å².